The molecule has 1 aliphatic carbocycles. The predicted octanol–water partition coefficient (Wildman–Crippen LogP) is 2.90. The smallest absolute Gasteiger partial charge is 0.154 e. The molecule has 4 heteroatoms. The van der Waals surface area contributed by atoms with E-state index in [2.05, 4.69) is 6.07 Å². The second kappa shape index (κ2) is 5.75. The van der Waals surface area contributed by atoms with Crippen LogP contribution in [-0.2, 0) is 9.84 Å². The highest BCUT2D eigenvalue weighted by atomic mass is 32.2. The number of sulfone groups is 1. The fraction of sp³-hybridized carbons (Fsp3) is 0.533. The lowest BCUT2D eigenvalue weighted by atomic mass is 9.79. The maximum absolute atomic E-state index is 12.1. The number of nitriles is 1. The van der Waals surface area contributed by atoms with Gasteiger partial charge in [-0.1, -0.05) is 37.3 Å². The van der Waals surface area contributed by atoms with E-state index in [0.717, 1.165) is 6.42 Å². The molecule has 0 heterocycles. The van der Waals surface area contributed by atoms with Crippen LogP contribution in [-0.4, -0.2) is 19.4 Å². The van der Waals surface area contributed by atoms with Crippen molar-refractivity contribution in [3.63, 3.8) is 0 Å². The normalized spacial score (nSPS) is 27.7. The van der Waals surface area contributed by atoms with E-state index in [1.807, 2.05) is 30.3 Å². The number of nitrogens with zero attached hydrogens (tertiary/aromatic N) is 1. The van der Waals surface area contributed by atoms with Gasteiger partial charge in [0, 0.05) is 5.75 Å². The molecule has 1 aliphatic rings. The van der Waals surface area contributed by atoms with Gasteiger partial charge in [-0.25, -0.2) is 8.42 Å². The van der Waals surface area contributed by atoms with Crippen molar-refractivity contribution in [1.82, 2.24) is 0 Å². The van der Waals surface area contributed by atoms with E-state index in [9.17, 15) is 8.42 Å². The van der Waals surface area contributed by atoms with Crippen LogP contribution in [0.4, 0.5) is 0 Å². The van der Waals surface area contributed by atoms with Gasteiger partial charge in [-0.2, -0.15) is 5.26 Å². The standard InChI is InChI=1S/C15H19NO2S/c1-2-19(17,18)15-10-13(8-9-14(15)11-16)12-6-4-3-5-7-12/h3-7,13-15H,2,8-10H2,1H3. The Balaban J connectivity index is 2.24. The van der Waals surface area contributed by atoms with Crippen LogP contribution in [0.15, 0.2) is 30.3 Å². The lowest BCUT2D eigenvalue weighted by Gasteiger charge is -2.32. The van der Waals surface area contributed by atoms with Crippen molar-refractivity contribution < 1.29 is 8.42 Å². The molecule has 0 amide bonds. The van der Waals surface area contributed by atoms with Gasteiger partial charge >= 0.3 is 0 Å². The summed E-state index contributed by atoms with van der Waals surface area (Å²) in [6.07, 6.45) is 2.16. The average molecular weight is 277 g/mol. The SMILES string of the molecule is CCS(=O)(=O)C1CC(c2ccccc2)CCC1C#N. The van der Waals surface area contributed by atoms with Gasteiger partial charge in [-0.3, -0.25) is 0 Å². The third-order valence-electron chi connectivity index (χ3n) is 4.09. The number of benzene rings is 1. The minimum Gasteiger partial charge on any atom is -0.229 e. The van der Waals surface area contributed by atoms with Crippen molar-refractivity contribution in [3.8, 4) is 6.07 Å². The molecule has 1 aromatic rings. The maximum atomic E-state index is 12.1. The molecule has 0 aromatic heterocycles. The average Bonchev–Trinajstić information content (AvgIpc) is 2.47. The Bertz CT molecular complexity index is 560. The van der Waals surface area contributed by atoms with E-state index in [4.69, 9.17) is 5.26 Å². The summed E-state index contributed by atoms with van der Waals surface area (Å²) in [6, 6.07) is 12.2. The van der Waals surface area contributed by atoms with Crippen LogP contribution in [0.1, 0.15) is 37.7 Å². The lowest BCUT2D eigenvalue weighted by Crippen LogP contribution is -2.35. The summed E-state index contributed by atoms with van der Waals surface area (Å²) < 4.78 is 24.3. The van der Waals surface area contributed by atoms with Gasteiger partial charge in [0.25, 0.3) is 0 Å². The Morgan fingerprint density at radius 1 is 1.26 bits per heavy atom. The molecule has 0 N–H and O–H groups in total. The minimum atomic E-state index is -3.15. The summed E-state index contributed by atoms with van der Waals surface area (Å²) in [6.45, 7) is 1.66. The van der Waals surface area contributed by atoms with Crippen LogP contribution in [0, 0.1) is 17.2 Å². The first kappa shape index (κ1) is 14.1. The number of rotatable bonds is 3. The Morgan fingerprint density at radius 3 is 2.53 bits per heavy atom. The molecule has 1 aromatic carbocycles. The van der Waals surface area contributed by atoms with Crippen LogP contribution in [0.25, 0.3) is 0 Å². The van der Waals surface area contributed by atoms with Crippen LogP contribution in [0.3, 0.4) is 0 Å². The van der Waals surface area contributed by atoms with Gasteiger partial charge in [-0.05, 0) is 30.7 Å². The molecule has 1 saturated carbocycles. The third kappa shape index (κ3) is 2.98. The van der Waals surface area contributed by atoms with E-state index in [1.54, 1.807) is 6.92 Å². The largest absolute Gasteiger partial charge is 0.229 e. The van der Waals surface area contributed by atoms with E-state index < -0.39 is 15.1 Å². The summed E-state index contributed by atoms with van der Waals surface area (Å²) in [4.78, 5) is 0. The van der Waals surface area contributed by atoms with Crippen molar-refractivity contribution in [1.29, 1.82) is 5.26 Å². The number of hydrogen-bond acceptors (Lipinski definition) is 3. The monoisotopic (exact) mass is 277 g/mol. The van der Waals surface area contributed by atoms with Crippen molar-refractivity contribution in [2.24, 2.45) is 5.92 Å². The Labute approximate surface area is 115 Å². The molecular weight excluding hydrogens is 258 g/mol. The topological polar surface area (TPSA) is 57.9 Å². The fourth-order valence-corrected chi connectivity index (χ4v) is 4.57. The summed E-state index contributed by atoms with van der Waals surface area (Å²) >= 11 is 0. The molecule has 19 heavy (non-hydrogen) atoms. The molecule has 1 fully saturated rings. The molecule has 3 nitrogen and oxygen atoms in total. The number of hydrogen-bond donors (Lipinski definition) is 0. The van der Waals surface area contributed by atoms with E-state index in [-0.39, 0.29) is 17.6 Å². The molecule has 0 spiro atoms. The van der Waals surface area contributed by atoms with Crippen molar-refractivity contribution in [3.05, 3.63) is 35.9 Å². The van der Waals surface area contributed by atoms with Gasteiger partial charge in [0.05, 0.1) is 17.2 Å². The quantitative estimate of drug-likeness (QED) is 0.853. The molecule has 3 atom stereocenters. The van der Waals surface area contributed by atoms with E-state index in [0.29, 0.717) is 12.8 Å². The van der Waals surface area contributed by atoms with E-state index in [1.165, 1.54) is 5.56 Å². The van der Waals surface area contributed by atoms with Crippen LogP contribution in [0.2, 0.25) is 0 Å². The zero-order valence-electron chi connectivity index (χ0n) is 11.1. The van der Waals surface area contributed by atoms with Gasteiger partial charge in [0.1, 0.15) is 0 Å². The Hall–Kier alpha value is -1.34. The minimum absolute atomic E-state index is 0.122. The van der Waals surface area contributed by atoms with Crippen molar-refractivity contribution >= 4 is 9.84 Å². The summed E-state index contributed by atoms with van der Waals surface area (Å²) in [5.74, 6) is 0.0409. The first-order valence-corrected chi connectivity index (χ1v) is 8.46. The molecule has 0 bridgehead atoms. The molecule has 0 aliphatic heterocycles. The zero-order valence-corrected chi connectivity index (χ0v) is 11.9. The van der Waals surface area contributed by atoms with Crippen molar-refractivity contribution in [2.45, 2.75) is 37.4 Å². The van der Waals surface area contributed by atoms with Crippen LogP contribution < -0.4 is 0 Å². The molecule has 0 radical (unpaired) electrons. The van der Waals surface area contributed by atoms with Crippen LogP contribution >= 0.6 is 0 Å². The Morgan fingerprint density at radius 2 is 1.95 bits per heavy atom. The van der Waals surface area contributed by atoms with Gasteiger partial charge in [-0.15, -0.1) is 0 Å². The van der Waals surface area contributed by atoms with Gasteiger partial charge in [0.2, 0.25) is 0 Å². The van der Waals surface area contributed by atoms with Crippen LogP contribution in [0.5, 0.6) is 0 Å². The molecule has 0 saturated heterocycles. The van der Waals surface area contributed by atoms with Gasteiger partial charge in [0.15, 0.2) is 9.84 Å². The first-order chi connectivity index (χ1) is 9.08. The summed E-state index contributed by atoms with van der Waals surface area (Å²) in [5, 5.41) is 8.66. The first-order valence-electron chi connectivity index (χ1n) is 6.74. The Kier molecular flexibility index (Phi) is 4.26. The molecule has 102 valence electrons. The zero-order chi connectivity index (χ0) is 13.9. The van der Waals surface area contributed by atoms with Crippen molar-refractivity contribution in [2.75, 3.05) is 5.75 Å². The second-order valence-corrected chi connectivity index (χ2v) is 7.65. The lowest BCUT2D eigenvalue weighted by molar-refractivity contribution is 0.378. The predicted molar refractivity (Wildman–Crippen MR) is 75.4 cm³/mol. The molecule has 2 rings (SSSR count). The van der Waals surface area contributed by atoms with Gasteiger partial charge < -0.3 is 0 Å². The molecular formula is C15H19NO2S. The molecule has 3 unspecified atom stereocenters. The third-order valence-corrected chi connectivity index (χ3v) is 6.34. The summed E-state index contributed by atoms with van der Waals surface area (Å²) in [5.41, 5.74) is 1.19. The van der Waals surface area contributed by atoms with E-state index >= 15 is 0 Å². The fourth-order valence-electron chi connectivity index (χ4n) is 2.92. The highest BCUT2D eigenvalue weighted by molar-refractivity contribution is 7.92. The second-order valence-electron chi connectivity index (χ2n) is 5.15. The highest BCUT2D eigenvalue weighted by Gasteiger charge is 2.38. The summed E-state index contributed by atoms with van der Waals surface area (Å²) in [7, 11) is -3.15. The highest BCUT2D eigenvalue weighted by Crippen LogP contribution is 2.38. The maximum Gasteiger partial charge on any atom is 0.154 e.